The van der Waals surface area contributed by atoms with E-state index in [1.807, 2.05) is 0 Å². The normalized spacial score (nSPS) is 9.67. The van der Waals surface area contributed by atoms with Gasteiger partial charge in [-0.05, 0) is 6.07 Å². The number of hydrogen-bond donors (Lipinski definition) is 0. The average molecular weight is 181 g/mol. The third kappa shape index (κ3) is 1.71. The van der Waals surface area contributed by atoms with E-state index in [9.17, 15) is 0 Å². The lowest BCUT2D eigenvalue weighted by molar-refractivity contribution is 1.32. The van der Waals surface area contributed by atoms with Crippen LogP contribution >= 0.6 is 34.8 Å². The van der Waals surface area contributed by atoms with Crippen LogP contribution in [0.3, 0.4) is 0 Å². The fraction of sp³-hybridized carbons (Fsp3) is 0. The van der Waals surface area contributed by atoms with Crippen LogP contribution in [-0.4, -0.2) is 4.98 Å². The molecule has 0 unspecified atom stereocenters. The molecule has 0 amide bonds. The van der Waals surface area contributed by atoms with Crippen molar-refractivity contribution in [3.05, 3.63) is 27.5 Å². The molecule has 0 aliphatic rings. The van der Waals surface area contributed by atoms with E-state index in [0.29, 0.717) is 5.02 Å². The Kier molecular flexibility index (Phi) is 2.17. The molecule has 47 valence electrons. The van der Waals surface area contributed by atoms with Crippen LogP contribution in [0.25, 0.3) is 0 Å². The summed E-state index contributed by atoms with van der Waals surface area (Å²) < 4.78 is 0. The van der Waals surface area contributed by atoms with Gasteiger partial charge in [0.15, 0.2) is 0 Å². The smallest absolute Gasteiger partial charge is 0.149 e. The lowest BCUT2D eigenvalue weighted by Crippen LogP contribution is -1.76. The van der Waals surface area contributed by atoms with Crippen molar-refractivity contribution in [3.63, 3.8) is 0 Å². The van der Waals surface area contributed by atoms with Crippen molar-refractivity contribution in [3.8, 4) is 0 Å². The monoisotopic (exact) mass is 180 g/mol. The van der Waals surface area contributed by atoms with Crippen molar-refractivity contribution in [2.75, 3.05) is 0 Å². The molecule has 1 heterocycles. The van der Waals surface area contributed by atoms with Crippen molar-refractivity contribution in [1.82, 2.24) is 4.98 Å². The van der Waals surface area contributed by atoms with Crippen LogP contribution in [0.4, 0.5) is 0 Å². The van der Waals surface area contributed by atoms with E-state index in [4.69, 9.17) is 34.8 Å². The maximum Gasteiger partial charge on any atom is 0.149 e. The number of aromatic nitrogens is 1. The van der Waals surface area contributed by atoms with Gasteiger partial charge < -0.3 is 0 Å². The standard InChI is InChI=1S/C5HCl3N/c6-3-1-2-4(7)9-5(3)8/h1H. The summed E-state index contributed by atoms with van der Waals surface area (Å²) in [7, 11) is 0. The largest absolute Gasteiger partial charge is 0.222 e. The quantitative estimate of drug-likeness (QED) is 0.561. The molecular weight excluding hydrogens is 180 g/mol. The molecule has 0 saturated carbocycles. The van der Waals surface area contributed by atoms with Gasteiger partial charge in [-0.3, -0.25) is 0 Å². The van der Waals surface area contributed by atoms with E-state index >= 15 is 0 Å². The first-order valence-electron chi connectivity index (χ1n) is 2.09. The molecule has 1 aromatic heterocycles. The first-order chi connectivity index (χ1) is 4.20. The van der Waals surface area contributed by atoms with Crippen LogP contribution in [0, 0.1) is 6.07 Å². The van der Waals surface area contributed by atoms with Gasteiger partial charge in [0.2, 0.25) is 0 Å². The van der Waals surface area contributed by atoms with Gasteiger partial charge in [0, 0.05) is 6.07 Å². The van der Waals surface area contributed by atoms with Gasteiger partial charge >= 0.3 is 0 Å². The lowest BCUT2D eigenvalue weighted by Gasteiger charge is -1.91. The maximum atomic E-state index is 5.50. The molecule has 0 bridgehead atoms. The predicted molar refractivity (Wildman–Crippen MR) is 38.1 cm³/mol. The van der Waals surface area contributed by atoms with Crippen molar-refractivity contribution in [2.45, 2.75) is 0 Å². The van der Waals surface area contributed by atoms with Crippen LogP contribution in [0.2, 0.25) is 15.3 Å². The van der Waals surface area contributed by atoms with Gasteiger partial charge in [0.25, 0.3) is 0 Å². The molecule has 0 aliphatic carbocycles. The Bertz CT molecular complexity index is 223. The summed E-state index contributed by atoms with van der Waals surface area (Å²) in [6.45, 7) is 0. The third-order valence-corrected chi connectivity index (χ3v) is 1.58. The molecule has 4 heteroatoms. The average Bonchev–Trinajstić information content (AvgIpc) is 1.80. The van der Waals surface area contributed by atoms with E-state index in [-0.39, 0.29) is 10.3 Å². The van der Waals surface area contributed by atoms with Gasteiger partial charge in [-0.15, -0.1) is 0 Å². The summed E-state index contributed by atoms with van der Waals surface area (Å²) in [6, 6.07) is 4.05. The summed E-state index contributed by atoms with van der Waals surface area (Å²) in [5, 5.41) is 0.797. The van der Waals surface area contributed by atoms with Crippen molar-refractivity contribution >= 4 is 34.8 Å². The molecule has 0 saturated heterocycles. The zero-order valence-electron chi connectivity index (χ0n) is 4.16. The molecule has 0 fully saturated rings. The van der Waals surface area contributed by atoms with Gasteiger partial charge in [0.1, 0.15) is 10.3 Å². The van der Waals surface area contributed by atoms with Crippen molar-refractivity contribution < 1.29 is 0 Å². The summed E-state index contributed by atoms with van der Waals surface area (Å²) in [5.41, 5.74) is 0. The van der Waals surface area contributed by atoms with E-state index < -0.39 is 0 Å². The van der Waals surface area contributed by atoms with Gasteiger partial charge in [0.05, 0.1) is 5.02 Å². The first kappa shape index (κ1) is 7.13. The molecule has 0 aliphatic heterocycles. The Labute approximate surface area is 67.6 Å². The van der Waals surface area contributed by atoms with Crippen LogP contribution in [-0.2, 0) is 0 Å². The van der Waals surface area contributed by atoms with Crippen molar-refractivity contribution in [1.29, 1.82) is 0 Å². The molecule has 9 heavy (non-hydrogen) atoms. The Hall–Kier alpha value is 0.0200. The summed E-state index contributed by atoms with van der Waals surface area (Å²) in [6.07, 6.45) is 0. The highest BCUT2D eigenvalue weighted by molar-refractivity contribution is 6.41. The molecule has 0 atom stereocenters. The minimum atomic E-state index is 0.209. The predicted octanol–water partition coefficient (Wildman–Crippen LogP) is 2.84. The number of hydrogen-bond acceptors (Lipinski definition) is 1. The zero-order valence-corrected chi connectivity index (χ0v) is 6.43. The van der Waals surface area contributed by atoms with Crippen LogP contribution in [0.5, 0.6) is 0 Å². The number of halogens is 3. The SMILES string of the molecule is Clc1[c]cc(Cl)c(Cl)n1. The Morgan fingerprint density at radius 2 is 2.00 bits per heavy atom. The summed E-state index contributed by atoms with van der Waals surface area (Å²) in [4.78, 5) is 3.62. The number of pyridine rings is 1. The van der Waals surface area contributed by atoms with Crippen molar-refractivity contribution in [2.24, 2.45) is 0 Å². The molecule has 0 aromatic carbocycles. The fourth-order valence-electron chi connectivity index (χ4n) is 0.354. The first-order valence-corrected chi connectivity index (χ1v) is 3.23. The van der Waals surface area contributed by atoms with Gasteiger partial charge in [-0.1, -0.05) is 34.8 Å². The fourth-order valence-corrected chi connectivity index (χ4v) is 0.773. The molecular formula is C5HCl3N. The Balaban J connectivity index is 3.17. The second kappa shape index (κ2) is 2.74. The van der Waals surface area contributed by atoms with Crippen LogP contribution in [0.15, 0.2) is 6.07 Å². The van der Waals surface area contributed by atoms with E-state index in [1.165, 1.54) is 6.07 Å². The highest BCUT2D eigenvalue weighted by Gasteiger charge is 1.97. The highest BCUT2D eigenvalue weighted by atomic mass is 35.5. The molecule has 1 rings (SSSR count). The molecule has 1 radical (unpaired) electrons. The minimum Gasteiger partial charge on any atom is -0.222 e. The van der Waals surface area contributed by atoms with Crippen LogP contribution in [0.1, 0.15) is 0 Å². The van der Waals surface area contributed by atoms with Gasteiger partial charge in [-0.2, -0.15) is 0 Å². The summed E-state index contributed by atoms with van der Waals surface area (Å²) in [5.74, 6) is 0. The van der Waals surface area contributed by atoms with E-state index in [2.05, 4.69) is 11.1 Å². The van der Waals surface area contributed by atoms with Crippen LogP contribution < -0.4 is 0 Å². The second-order valence-electron chi connectivity index (χ2n) is 1.33. The zero-order chi connectivity index (χ0) is 6.85. The molecule has 0 N–H and O–H groups in total. The van der Waals surface area contributed by atoms with E-state index in [1.54, 1.807) is 0 Å². The molecule has 1 aromatic rings. The maximum absolute atomic E-state index is 5.50. The summed E-state index contributed by atoms with van der Waals surface area (Å²) >= 11 is 16.4. The Morgan fingerprint density at radius 1 is 1.33 bits per heavy atom. The number of nitrogens with zero attached hydrogens (tertiary/aromatic N) is 1. The molecule has 1 nitrogen and oxygen atoms in total. The number of rotatable bonds is 0. The minimum absolute atomic E-state index is 0.209. The Morgan fingerprint density at radius 3 is 2.44 bits per heavy atom. The van der Waals surface area contributed by atoms with Gasteiger partial charge in [-0.25, -0.2) is 4.98 Å². The highest BCUT2D eigenvalue weighted by Crippen LogP contribution is 2.20. The second-order valence-corrected chi connectivity index (χ2v) is 2.45. The lowest BCUT2D eigenvalue weighted by atomic mass is 10.5. The topological polar surface area (TPSA) is 12.9 Å². The van der Waals surface area contributed by atoms with E-state index in [0.717, 1.165) is 0 Å². The third-order valence-electron chi connectivity index (χ3n) is 0.711. The molecule has 0 spiro atoms.